The van der Waals surface area contributed by atoms with Crippen LogP contribution in [0.15, 0.2) is 28.8 Å². The smallest absolute Gasteiger partial charge is 0.358 e. The highest BCUT2D eigenvalue weighted by molar-refractivity contribution is 5.99. The molecule has 1 N–H and O–H groups in total. The van der Waals surface area contributed by atoms with Gasteiger partial charge in [-0.1, -0.05) is 17.3 Å². The van der Waals surface area contributed by atoms with Crippen molar-refractivity contribution in [3.63, 3.8) is 0 Å². The van der Waals surface area contributed by atoms with Crippen molar-refractivity contribution in [2.75, 3.05) is 0 Å². The van der Waals surface area contributed by atoms with E-state index in [2.05, 4.69) is 5.16 Å². The average molecular weight is 284 g/mol. The summed E-state index contributed by atoms with van der Waals surface area (Å²) < 4.78 is 5.04. The van der Waals surface area contributed by atoms with Gasteiger partial charge in [0.05, 0.1) is 0 Å². The van der Waals surface area contributed by atoms with Gasteiger partial charge in [0.1, 0.15) is 0 Å². The fourth-order valence-electron chi connectivity index (χ4n) is 2.67. The van der Waals surface area contributed by atoms with Crippen LogP contribution in [0.1, 0.15) is 39.3 Å². The second-order valence-electron chi connectivity index (χ2n) is 5.42. The van der Waals surface area contributed by atoms with Gasteiger partial charge in [-0.05, 0) is 24.5 Å². The lowest BCUT2D eigenvalue weighted by atomic mass is 10.0. The standard InChI is InChI=1S/C15H12N2O4/c18-14-11-5-8(13-6-12(15(19)20)16-21-13)1-2-9(11)7-17(14)10-3-4-10/h1-2,5-6,10H,3-4,7H2,(H,19,20). The van der Waals surface area contributed by atoms with Gasteiger partial charge < -0.3 is 14.5 Å². The molecule has 0 bridgehead atoms. The van der Waals surface area contributed by atoms with Crippen molar-refractivity contribution in [1.82, 2.24) is 10.1 Å². The monoisotopic (exact) mass is 284 g/mol. The van der Waals surface area contributed by atoms with Gasteiger partial charge in [-0.3, -0.25) is 4.79 Å². The molecule has 21 heavy (non-hydrogen) atoms. The number of rotatable bonds is 3. The molecule has 106 valence electrons. The predicted molar refractivity (Wildman–Crippen MR) is 71.8 cm³/mol. The van der Waals surface area contributed by atoms with Crippen molar-refractivity contribution in [2.45, 2.75) is 25.4 Å². The Morgan fingerprint density at radius 2 is 2.14 bits per heavy atom. The Labute approximate surface area is 120 Å². The summed E-state index contributed by atoms with van der Waals surface area (Å²) in [7, 11) is 0. The number of carbonyl (C=O) groups is 2. The van der Waals surface area contributed by atoms with E-state index in [1.165, 1.54) is 6.07 Å². The Morgan fingerprint density at radius 1 is 1.33 bits per heavy atom. The molecule has 2 aromatic rings. The van der Waals surface area contributed by atoms with E-state index in [0.717, 1.165) is 18.4 Å². The van der Waals surface area contributed by atoms with Crippen LogP contribution in [0.3, 0.4) is 0 Å². The summed E-state index contributed by atoms with van der Waals surface area (Å²) in [6.07, 6.45) is 2.16. The minimum Gasteiger partial charge on any atom is -0.476 e. The highest BCUT2D eigenvalue weighted by atomic mass is 16.5. The summed E-state index contributed by atoms with van der Waals surface area (Å²) in [5.74, 6) is -0.734. The van der Waals surface area contributed by atoms with Crippen molar-refractivity contribution in [3.05, 3.63) is 41.1 Å². The summed E-state index contributed by atoms with van der Waals surface area (Å²) in [6, 6.07) is 7.23. The molecular formula is C15H12N2O4. The lowest BCUT2D eigenvalue weighted by Gasteiger charge is -2.13. The molecule has 1 aliphatic carbocycles. The molecule has 4 rings (SSSR count). The van der Waals surface area contributed by atoms with Crippen LogP contribution in [0.4, 0.5) is 0 Å². The summed E-state index contributed by atoms with van der Waals surface area (Å²) in [5, 5.41) is 12.3. The van der Waals surface area contributed by atoms with Gasteiger partial charge in [-0.2, -0.15) is 0 Å². The molecule has 0 spiro atoms. The van der Waals surface area contributed by atoms with Crippen LogP contribution in [0.25, 0.3) is 11.3 Å². The number of hydrogen-bond donors (Lipinski definition) is 1. The molecule has 1 aromatic heterocycles. The number of carboxylic acid groups (broad SMARTS) is 1. The van der Waals surface area contributed by atoms with E-state index in [-0.39, 0.29) is 11.6 Å². The highest BCUT2D eigenvalue weighted by Crippen LogP contribution is 2.36. The van der Waals surface area contributed by atoms with Gasteiger partial charge in [-0.15, -0.1) is 0 Å². The number of aromatic carboxylic acids is 1. The van der Waals surface area contributed by atoms with E-state index in [1.54, 1.807) is 6.07 Å². The fraction of sp³-hybridized carbons (Fsp3) is 0.267. The van der Waals surface area contributed by atoms with Gasteiger partial charge in [0.25, 0.3) is 5.91 Å². The lowest BCUT2D eigenvalue weighted by molar-refractivity contribution is 0.0685. The van der Waals surface area contributed by atoms with Gasteiger partial charge in [0, 0.05) is 29.8 Å². The first-order valence-corrected chi connectivity index (χ1v) is 6.78. The molecule has 6 nitrogen and oxygen atoms in total. The van der Waals surface area contributed by atoms with Crippen LogP contribution in [-0.2, 0) is 6.54 Å². The first-order valence-electron chi connectivity index (χ1n) is 6.78. The Morgan fingerprint density at radius 3 is 2.81 bits per heavy atom. The molecule has 2 aliphatic rings. The molecule has 0 saturated heterocycles. The van der Waals surface area contributed by atoms with Crippen molar-refractivity contribution in [2.24, 2.45) is 0 Å². The number of carboxylic acids is 1. The predicted octanol–water partition coefficient (Wildman–Crippen LogP) is 2.16. The van der Waals surface area contributed by atoms with Crippen molar-refractivity contribution >= 4 is 11.9 Å². The van der Waals surface area contributed by atoms with E-state index in [0.29, 0.717) is 29.5 Å². The molecule has 1 fully saturated rings. The molecule has 1 aliphatic heterocycles. The summed E-state index contributed by atoms with van der Waals surface area (Å²) >= 11 is 0. The molecule has 0 atom stereocenters. The van der Waals surface area contributed by atoms with E-state index in [9.17, 15) is 9.59 Å². The number of benzene rings is 1. The molecule has 1 saturated carbocycles. The van der Waals surface area contributed by atoms with Crippen molar-refractivity contribution in [3.8, 4) is 11.3 Å². The quantitative estimate of drug-likeness (QED) is 0.933. The molecule has 1 amide bonds. The molecular weight excluding hydrogens is 272 g/mol. The van der Waals surface area contributed by atoms with Crippen LogP contribution in [0, 0.1) is 0 Å². The Kier molecular flexibility index (Phi) is 2.42. The number of hydrogen-bond acceptors (Lipinski definition) is 4. The Hall–Kier alpha value is -2.63. The fourth-order valence-corrected chi connectivity index (χ4v) is 2.67. The number of fused-ring (bicyclic) bond motifs is 1. The zero-order chi connectivity index (χ0) is 14.6. The maximum atomic E-state index is 12.4. The van der Waals surface area contributed by atoms with Crippen LogP contribution in [0.5, 0.6) is 0 Å². The average Bonchev–Trinajstić information content (AvgIpc) is 3.09. The molecule has 2 heterocycles. The minimum absolute atomic E-state index is 0.0484. The normalized spacial score (nSPS) is 17.1. The topological polar surface area (TPSA) is 83.6 Å². The number of carbonyl (C=O) groups excluding carboxylic acids is 1. The van der Waals surface area contributed by atoms with E-state index >= 15 is 0 Å². The largest absolute Gasteiger partial charge is 0.476 e. The second kappa shape index (κ2) is 4.18. The van der Waals surface area contributed by atoms with Crippen LogP contribution >= 0.6 is 0 Å². The van der Waals surface area contributed by atoms with Gasteiger partial charge in [0.2, 0.25) is 0 Å². The zero-order valence-corrected chi connectivity index (χ0v) is 11.1. The Balaban J connectivity index is 1.70. The van der Waals surface area contributed by atoms with Gasteiger partial charge in [0.15, 0.2) is 11.5 Å². The number of nitrogens with zero attached hydrogens (tertiary/aromatic N) is 2. The third-order valence-corrected chi connectivity index (χ3v) is 3.94. The van der Waals surface area contributed by atoms with Crippen molar-refractivity contribution < 1.29 is 19.2 Å². The van der Waals surface area contributed by atoms with E-state index < -0.39 is 5.97 Å². The number of amides is 1. The van der Waals surface area contributed by atoms with E-state index in [4.69, 9.17) is 9.63 Å². The molecule has 6 heteroatoms. The maximum absolute atomic E-state index is 12.4. The summed E-state index contributed by atoms with van der Waals surface area (Å²) in [4.78, 5) is 25.1. The maximum Gasteiger partial charge on any atom is 0.358 e. The van der Waals surface area contributed by atoms with Crippen LogP contribution < -0.4 is 0 Å². The summed E-state index contributed by atoms with van der Waals surface area (Å²) in [5.41, 5.74) is 2.21. The van der Waals surface area contributed by atoms with Crippen LogP contribution in [0.2, 0.25) is 0 Å². The zero-order valence-electron chi connectivity index (χ0n) is 11.1. The lowest BCUT2D eigenvalue weighted by Crippen LogP contribution is -2.25. The second-order valence-corrected chi connectivity index (χ2v) is 5.42. The summed E-state index contributed by atoms with van der Waals surface area (Å²) in [6.45, 7) is 0.663. The first-order chi connectivity index (χ1) is 10.1. The van der Waals surface area contributed by atoms with Gasteiger partial charge >= 0.3 is 5.97 Å². The highest BCUT2D eigenvalue weighted by Gasteiger charge is 2.38. The van der Waals surface area contributed by atoms with Crippen molar-refractivity contribution in [1.29, 1.82) is 0 Å². The van der Waals surface area contributed by atoms with Crippen LogP contribution in [-0.4, -0.2) is 33.1 Å². The SMILES string of the molecule is O=C(O)c1cc(-c2ccc3c(c2)C(=O)N(C2CC2)C3)on1. The Bertz CT molecular complexity index is 761. The third kappa shape index (κ3) is 1.91. The van der Waals surface area contributed by atoms with Gasteiger partial charge in [-0.25, -0.2) is 4.79 Å². The molecule has 0 radical (unpaired) electrons. The first kappa shape index (κ1) is 12.1. The minimum atomic E-state index is -1.14. The molecule has 1 aromatic carbocycles. The molecule has 0 unspecified atom stereocenters. The van der Waals surface area contributed by atoms with E-state index in [1.807, 2.05) is 17.0 Å². The third-order valence-electron chi connectivity index (χ3n) is 3.94. The number of aromatic nitrogens is 1.